The summed E-state index contributed by atoms with van der Waals surface area (Å²) in [4.78, 5) is 53.5. The highest BCUT2D eigenvalue weighted by atomic mass is 16.4. The summed E-state index contributed by atoms with van der Waals surface area (Å²) in [5.41, 5.74) is 9.03. The maximum atomic E-state index is 13.5. The highest BCUT2D eigenvalue weighted by Gasteiger charge is 2.36. The van der Waals surface area contributed by atoms with E-state index in [0.29, 0.717) is 12.1 Å². The van der Waals surface area contributed by atoms with Crippen molar-refractivity contribution in [2.24, 2.45) is 5.73 Å². The highest BCUT2D eigenvalue weighted by molar-refractivity contribution is 6.25. The second-order valence-corrected chi connectivity index (χ2v) is 8.67. The van der Waals surface area contributed by atoms with Crippen LogP contribution in [-0.4, -0.2) is 53.3 Å². The van der Waals surface area contributed by atoms with Crippen molar-refractivity contribution in [1.82, 2.24) is 4.90 Å². The number of anilines is 1. The molecule has 3 amide bonds. The fourth-order valence-corrected chi connectivity index (χ4v) is 4.17. The van der Waals surface area contributed by atoms with Crippen molar-refractivity contribution in [2.45, 2.75) is 46.0 Å². The summed E-state index contributed by atoms with van der Waals surface area (Å²) in [5.74, 6) is -2.60. The van der Waals surface area contributed by atoms with Crippen LogP contribution in [0.1, 0.15) is 63.1 Å². The Morgan fingerprint density at radius 1 is 1.03 bits per heavy atom. The molecule has 3 rings (SSSR count). The van der Waals surface area contributed by atoms with Gasteiger partial charge in [0.05, 0.1) is 17.7 Å². The number of hydrogen-bond donors (Lipinski definition) is 2. The number of unbranched alkanes of at least 4 members (excludes halogenated alkanes) is 2. The summed E-state index contributed by atoms with van der Waals surface area (Å²) in [6.45, 7) is 3.85. The van der Waals surface area contributed by atoms with Gasteiger partial charge < -0.3 is 15.7 Å². The predicted octanol–water partition coefficient (Wildman–Crippen LogP) is 3.08. The van der Waals surface area contributed by atoms with E-state index < -0.39 is 23.7 Å². The van der Waals surface area contributed by atoms with E-state index >= 15 is 0 Å². The van der Waals surface area contributed by atoms with Crippen molar-refractivity contribution < 1.29 is 24.3 Å². The van der Waals surface area contributed by atoms with Gasteiger partial charge in [0.25, 0.3) is 17.7 Å². The van der Waals surface area contributed by atoms with Gasteiger partial charge in [0.15, 0.2) is 0 Å². The van der Waals surface area contributed by atoms with Crippen molar-refractivity contribution in [2.75, 3.05) is 24.5 Å². The Labute approximate surface area is 199 Å². The number of carboxylic acid groups (broad SMARTS) is 1. The van der Waals surface area contributed by atoms with E-state index in [1.165, 1.54) is 4.90 Å². The fourth-order valence-electron chi connectivity index (χ4n) is 4.17. The Morgan fingerprint density at radius 3 is 2.47 bits per heavy atom. The summed E-state index contributed by atoms with van der Waals surface area (Å²) in [7, 11) is 0. The Hall–Kier alpha value is -3.52. The number of rotatable bonds is 9. The van der Waals surface area contributed by atoms with E-state index in [1.54, 1.807) is 31.2 Å². The van der Waals surface area contributed by atoms with Gasteiger partial charge in [-0.1, -0.05) is 30.2 Å². The lowest BCUT2D eigenvalue weighted by molar-refractivity contribution is -0.137. The second-order valence-electron chi connectivity index (χ2n) is 8.67. The van der Waals surface area contributed by atoms with Crippen LogP contribution in [0.15, 0.2) is 36.4 Å². The zero-order valence-electron chi connectivity index (χ0n) is 19.7. The first-order valence-electron chi connectivity index (χ1n) is 11.5. The molecule has 2 aromatic carbocycles. The topological polar surface area (TPSA) is 121 Å². The molecule has 1 heterocycles. The Morgan fingerprint density at radius 2 is 1.79 bits per heavy atom. The first-order chi connectivity index (χ1) is 16.2. The first kappa shape index (κ1) is 25.1. The molecule has 0 saturated carbocycles. The lowest BCUT2D eigenvalue weighted by atomic mass is 10.0. The van der Waals surface area contributed by atoms with Gasteiger partial charge in [0.2, 0.25) is 0 Å². The number of aryl methyl sites for hydroxylation is 3. The number of nitrogens with zero attached hydrogens (tertiary/aromatic N) is 2. The second kappa shape index (κ2) is 11.1. The molecule has 0 atom stereocenters. The largest absolute Gasteiger partial charge is 0.481 e. The molecular weight excluding hydrogens is 434 g/mol. The van der Waals surface area contributed by atoms with Crippen molar-refractivity contribution in [3.8, 4) is 0 Å². The van der Waals surface area contributed by atoms with Gasteiger partial charge in [0, 0.05) is 12.1 Å². The fraction of sp³-hybridized carbons (Fsp3) is 0.385. The smallest absolute Gasteiger partial charge is 0.305 e. The lowest BCUT2D eigenvalue weighted by Gasteiger charge is -2.22. The summed E-state index contributed by atoms with van der Waals surface area (Å²) in [5, 5.41) is 9.09. The molecule has 8 heteroatoms. The number of carbonyl (C=O) groups excluding carboxylic acids is 3. The van der Waals surface area contributed by atoms with Gasteiger partial charge >= 0.3 is 5.97 Å². The van der Waals surface area contributed by atoms with Gasteiger partial charge in [0.1, 0.15) is 6.54 Å². The van der Waals surface area contributed by atoms with Crippen LogP contribution in [-0.2, 0) is 16.0 Å². The number of carboxylic acids is 1. The molecule has 0 aromatic heterocycles. The molecule has 0 radical (unpaired) electrons. The SMILES string of the molecule is Cc1ccc(C(=O)N2C(=O)CN(CCC(=O)O)C(=O)c3cc(CCCCCN)ccc32)c(C)c1. The van der Waals surface area contributed by atoms with Crippen LogP contribution in [0.4, 0.5) is 5.69 Å². The summed E-state index contributed by atoms with van der Waals surface area (Å²) >= 11 is 0. The van der Waals surface area contributed by atoms with Gasteiger partial charge in [-0.15, -0.1) is 0 Å². The number of carbonyl (C=O) groups is 4. The van der Waals surface area contributed by atoms with Gasteiger partial charge in [-0.05, 0) is 69.0 Å². The Bertz CT molecular complexity index is 1110. The van der Waals surface area contributed by atoms with E-state index in [9.17, 15) is 19.2 Å². The molecule has 0 bridgehead atoms. The highest BCUT2D eigenvalue weighted by Crippen LogP contribution is 2.30. The van der Waals surface area contributed by atoms with E-state index in [4.69, 9.17) is 10.8 Å². The van der Waals surface area contributed by atoms with E-state index in [2.05, 4.69) is 0 Å². The standard InChI is InChI=1S/C26H31N3O5/c1-17-7-9-20(18(2)14-17)26(34)29-22-10-8-19(6-4-3-5-12-27)15-21(22)25(33)28(16-23(29)30)13-11-24(31)32/h7-10,14-15H,3-6,11-13,16,27H2,1-2H3,(H,31,32). The molecule has 0 aliphatic carbocycles. The zero-order valence-corrected chi connectivity index (χ0v) is 19.7. The number of amides is 3. The van der Waals surface area contributed by atoms with Crippen LogP contribution in [0.2, 0.25) is 0 Å². The maximum absolute atomic E-state index is 13.5. The number of hydrogen-bond acceptors (Lipinski definition) is 5. The molecule has 1 aliphatic heterocycles. The van der Waals surface area contributed by atoms with Gasteiger partial charge in [-0.2, -0.15) is 0 Å². The number of benzene rings is 2. The van der Waals surface area contributed by atoms with Crippen LogP contribution in [0.3, 0.4) is 0 Å². The van der Waals surface area contributed by atoms with Crippen molar-refractivity contribution in [3.63, 3.8) is 0 Å². The van der Waals surface area contributed by atoms with Crippen molar-refractivity contribution >= 4 is 29.4 Å². The zero-order chi connectivity index (χ0) is 24.8. The third-order valence-electron chi connectivity index (χ3n) is 5.98. The molecule has 0 spiro atoms. The lowest BCUT2D eigenvalue weighted by Crippen LogP contribution is -2.43. The third kappa shape index (κ3) is 5.69. The molecule has 0 saturated heterocycles. The van der Waals surface area contributed by atoms with Crippen LogP contribution in [0.5, 0.6) is 0 Å². The molecule has 0 unspecified atom stereocenters. The van der Waals surface area contributed by atoms with E-state index in [-0.39, 0.29) is 30.8 Å². The molecule has 0 fully saturated rings. The average molecular weight is 466 g/mol. The normalized spacial score (nSPS) is 13.6. The average Bonchev–Trinajstić information content (AvgIpc) is 2.89. The van der Waals surface area contributed by atoms with E-state index in [1.807, 2.05) is 19.1 Å². The Balaban J connectivity index is 2.03. The molecule has 34 heavy (non-hydrogen) atoms. The van der Waals surface area contributed by atoms with Crippen LogP contribution in [0, 0.1) is 13.8 Å². The quantitative estimate of drug-likeness (QED) is 0.434. The predicted molar refractivity (Wildman–Crippen MR) is 129 cm³/mol. The van der Waals surface area contributed by atoms with E-state index in [0.717, 1.165) is 47.3 Å². The minimum atomic E-state index is -1.07. The first-order valence-corrected chi connectivity index (χ1v) is 11.5. The minimum Gasteiger partial charge on any atom is -0.481 e. The summed E-state index contributed by atoms with van der Waals surface area (Å²) in [6.07, 6.45) is 3.21. The van der Waals surface area contributed by atoms with Crippen LogP contribution < -0.4 is 10.6 Å². The van der Waals surface area contributed by atoms with Gasteiger partial charge in [-0.3, -0.25) is 19.2 Å². The summed E-state index contributed by atoms with van der Waals surface area (Å²) < 4.78 is 0. The Kier molecular flexibility index (Phi) is 8.17. The number of imide groups is 1. The molecule has 3 N–H and O–H groups in total. The molecular formula is C26H31N3O5. The molecule has 1 aliphatic rings. The molecule has 180 valence electrons. The minimum absolute atomic E-state index is 0.119. The monoisotopic (exact) mass is 465 g/mol. The molecule has 8 nitrogen and oxygen atoms in total. The van der Waals surface area contributed by atoms with Crippen molar-refractivity contribution in [1.29, 1.82) is 0 Å². The molecule has 2 aromatic rings. The third-order valence-corrected chi connectivity index (χ3v) is 5.98. The van der Waals surface area contributed by atoms with Crippen LogP contribution in [0.25, 0.3) is 0 Å². The number of fused-ring (bicyclic) bond motifs is 1. The van der Waals surface area contributed by atoms with Crippen LogP contribution >= 0.6 is 0 Å². The number of nitrogens with two attached hydrogens (primary N) is 1. The summed E-state index contributed by atoms with van der Waals surface area (Å²) in [6, 6.07) is 10.5. The van der Waals surface area contributed by atoms with Crippen molar-refractivity contribution in [3.05, 3.63) is 64.2 Å². The van der Waals surface area contributed by atoms with Gasteiger partial charge in [-0.25, -0.2) is 4.90 Å². The number of aliphatic carboxylic acids is 1. The maximum Gasteiger partial charge on any atom is 0.305 e.